The third-order valence-corrected chi connectivity index (χ3v) is 14.5. The van der Waals surface area contributed by atoms with Gasteiger partial charge in [0.15, 0.2) is 17.2 Å². The van der Waals surface area contributed by atoms with Gasteiger partial charge in [0.1, 0.15) is 12.6 Å². The number of nitrogens with zero attached hydrogens (tertiary/aromatic N) is 9. The Morgan fingerprint density at radius 2 is 1.77 bits per heavy atom. The van der Waals surface area contributed by atoms with Gasteiger partial charge in [-0.15, -0.1) is 5.10 Å². The number of carbonyl (C=O) groups is 3. The highest BCUT2D eigenvalue weighted by Crippen LogP contribution is 2.40. The highest BCUT2D eigenvalue weighted by Gasteiger charge is 2.48. The average Bonchev–Trinajstić information content (AvgIpc) is 3.79. The van der Waals surface area contributed by atoms with Crippen molar-refractivity contribution in [1.29, 1.82) is 0 Å². The number of fused-ring (bicyclic) bond motifs is 3. The van der Waals surface area contributed by atoms with Crippen LogP contribution in [0.2, 0.25) is 0 Å². The van der Waals surface area contributed by atoms with Gasteiger partial charge >= 0.3 is 5.69 Å². The van der Waals surface area contributed by atoms with Gasteiger partial charge in [-0.1, -0.05) is 30.0 Å². The van der Waals surface area contributed by atoms with E-state index in [9.17, 15) is 19.2 Å². The van der Waals surface area contributed by atoms with Gasteiger partial charge in [0.25, 0.3) is 11.8 Å². The van der Waals surface area contributed by atoms with Gasteiger partial charge in [0, 0.05) is 88.4 Å². The Morgan fingerprint density at radius 1 is 0.929 bits per heavy atom. The van der Waals surface area contributed by atoms with Crippen molar-refractivity contribution >= 4 is 51.6 Å². The van der Waals surface area contributed by atoms with E-state index in [4.69, 9.17) is 14.8 Å². The first kappa shape index (κ1) is 45.4. The number of benzene rings is 2. The maximum absolute atomic E-state index is 15.9. The number of anilines is 3. The van der Waals surface area contributed by atoms with Crippen LogP contribution in [0.5, 0.6) is 0 Å². The van der Waals surface area contributed by atoms with E-state index in [1.807, 2.05) is 41.1 Å². The molecule has 0 radical (unpaired) electrons. The molecule has 5 aliphatic rings. The fourth-order valence-corrected chi connectivity index (χ4v) is 10.7. The number of aryl methyl sites for hydroxylation is 1. The van der Waals surface area contributed by atoms with Crippen molar-refractivity contribution in [3.63, 3.8) is 0 Å². The van der Waals surface area contributed by atoms with E-state index >= 15 is 8.78 Å². The Hall–Kier alpha value is -7.01. The molecule has 0 spiro atoms. The Kier molecular flexibility index (Phi) is 11.9. The number of pyridine rings is 1. The molecule has 1 unspecified atom stereocenters. The molecule has 2 atom stereocenters. The molecule has 11 rings (SSSR count). The Balaban J connectivity index is 0.673. The van der Waals surface area contributed by atoms with Crippen molar-refractivity contribution in [2.45, 2.75) is 88.1 Å². The molecule has 19 heteroatoms. The summed E-state index contributed by atoms with van der Waals surface area (Å²) in [5, 5.41) is 13.5. The summed E-state index contributed by atoms with van der Waals surface area (Å²) in [6.45, 7) is 2.52. The fourth-order valence-electron chi connectivity index (χ4n) is 10.7. The summed E-state index contributed by atoms with van der Waals surface area (Å²) in [4.78, 5) is 65.6. The Bertz CT molecular complexity index is 3160. The van der Waals surface area contributed by atoms with E-state index in [1.165, 1.54) is 9.13 Å². The largest absolute Gasteiger partial charge is 0.385 e. The van der Waals surface area contributed by atoms with E-state index < -0.39 is 23.9 Å². The van der Waals surface area contributed by atoms with Crippen LogP contribution in [0.4, 0.5) is 26.0 Å². The van der Waals surface area contributed by atoms with E-state index in [2.05, 4.69) is 49.8 Å². The predicted molar refractivity (Wildman–Crippen MR) is 258 cm³/mol. The average molecular weight is 953 g/mol. The smallest absolute Gasteiger partial charge is 0.329 e. The van der Waals surface area contributed by atoms with Gasteiger partial charge in [0.2, 0.25) is 11.8 Å². The van der Waals surface area contributed by atoms with Crippen LogP contribution < -0.4 is 26.5 Å². The topological polar surface area (TPSA) is 176 Å². The summed E-state index contributed by atoms with van der Waals surface area (Å²) < 4.78 is 42.5. The molecular weight excluding hydrogens is 899 g/mol. The van der Waals surface area contributed by atoms with Gasteiger partial charge in [-0.2, -0.15) is 0 Å². The summed E-state index contributed by atoms with van der Waals surface area (Å²) in [6, 6.07) is 16.0. The van der Waals surface area contributed by atoms with Gasteiger partial charge < -0.3 is 20.3 Å². The van der Waals surface area contributed by atoms with E-state index in [1.54, 1.807) is 42.2 Å². The molecule has 3 N–H and O–H groups in total. The fraction of sp³-hybridized carbons (Fsp3) is 0.431. The van der Waals surface area contributed by atoms with Crippen LogP contribution in [0.1, 0.15) is 78.2 Å². The zero-order valence-electron chi connectivity index (χ0n) is 39.1. The highest BCUT2D eigenvalue weighted by atomic mass is 19.3. The minimum absolute atomic E-state index is 0.0848. The maximum Gasteiger partial charge on any atom is 0.329 e. The molecule has 4 aromatic heterocycles. The lowest BCUT2D eigenvalue weighted by molar-refractivity contribution is -0.137. The lowest BCUT2D eigenvalue weighted by atomic mass is 9.95. The monoisotopic (exact) mass is 952 g/mol. The number of aromatic nitrogens is 6. The van der Waals surface area contributed by atoms with Crippen LogP contribution in [0.25, 0.3) is 27.9 Å². The van der Waals surface area contributed by atoms with E-state index in [-0.39, 0.29) is 55.6 Å². The van der Waals surface area contributed by atoms with Crippen LogP contribution >= 0.6 is 0 Å². The molecule has 2 aromatic carbocycles. The first-order chi connectivity index (χ1) is 33.9. The van der Waals surface area contributed by atoms with Gasteiger partial charge in [0.05, 0.1) is 47.3 Å². The van der Waals surface area contributed by atoms with Crippen molar-refractivity contribution in [2.24, 2.45) is 7.05 Å². The van der Waals surface area contributed by atoms with Crippen LogP contribution in [-0.2, 0) is 34.3 Å². The van der Waals surface area contributed by atoms with Crippen molar-refractivity contribution < 1.29 is 27.9 Å². The maximum atomic E-state index is 15.9. The third kappa shape index (κ3) is 8.68. The lowest BCUT2D eigenvalue weighted by Crippen LogP contribution is -2.59. The second-order valence-corrected chi connectivity index (χ2v) is 19.1. The number of amides is 3. The minimum Gasteiger partial charge on any atom is -0.385 e. The molecule has 3 saturated heterocycles. The first-order valence-electron chi connectivity index (χ1n) is 24.1. The molecule has 8 heterocycles. The van der Waals surface area contributed by atoms with Gasteiger partial charge in [-0.05, 0) is 86.4 Å². The summed E-state index contributed by atoms with van der Waals surface area (Å²) in [5.41, 5.74) is 8.14. The molecule has 70 heavy (non-hydrogen) atoms. The van der Waals surface area contributed by atoms with E-state index in [0.717, 1.165) is 53.0 Å². The molecule has 362 valence electrons. The van der Waals surface area contributed by atoms with Crippen molar-refractivity contribution in [1.82, 2.24) is 49.1 Å². The number of nitrogens with one attached hydrogen (secondary N) is 3. The standard InChI is InChI=1S/C51H54F2N12O5/c1-54-38-26-45(59-65-43(28-56-47(38)65)49(68)57-33-10-11-33)63-23-18-36-35(6-3-7-39(36)63)37-12-8-32(27-55-37)29-61-20-19-44(51(52,53)30-61)62-21-16-34(17-22-62)70-24-4-5-31-9-13-40-42(25-31)60(2)50(69)64(40)41-14-15-46(66)58-48(41)67/h3,6-9,12-13,25-28,33-34,41,44,54H,10-11,14-24,29-30H2,1-2H3,(H,57,68)(H,58,66,67)/t41?,44-/m0/s1. The molecule has 0 bridgehead atoms. The lowest BCUT2D eigenvalue weighted by Gasteiger charge is -2.45. The number of hydrogen-bond acceptors (Lipinski definition) is 12. The number of halogens is 2. The van der Waals surface area contributed by atoms with Crippen LogP contribution in [0.3, 0.4) is 0 Å². The molecular formula is C51H54F2N12O5. The summed E-state index contributed by atoms with van der Waals surface area (Å²) in [5.74, 6) is 2.95. The number of rotatable bonds is 11. The van der Waals surface area contributed by atoms with Crippen molar-refractivity contribution in [3.05, 3.63) is 99.9 Å². The Morgan fingerprint density at radius 3 is 2.53 bits per heavy atom. The number of hydrogen-bond donors (Lipinski definition) is 3. The molecule has 4 aliphatic heterocycles. The van der Waals surface area contributed by atoms with Crippen LogP contribution in [0.15, 0.2) is 71.8 Å². The first-order valence-corrected chi connectivity index (χ1v) is 24.1. The molecule has 17 nitrogen and oxygen atoms in total. The van der Waals surface area contributed by atoms with E-state index in [0.29, 0.717) is 85.7 Å². The quantitative estimate of drug-likeness (QED) is 0.120. The summed E-state index contributed by atoms with van der Waals surface area (Å²) in [7, 11) is 3.47. The van der Waals surface area contributed by atoms with Gasteiger partial charge in [-0.3, -0.25) is 43.6 Å². The van der Waals surface area contributed by atoms with Gasteiger partial charge in [-0.25, -0.2) is 23.1 Å². The number of imide groups is 1. The third-order valence-electron chi connectivity index (χ3n) is 14.5. The minimum atomic E-state index is -2.88. The number of alkyl halides is 2. The van der Waals surface area contributed by atoms with Crippen molar-refractivity contribution in [3.8, 4) is 23.1 Å². The predicted octanol–water partition coefficient (Wildman–Crippen LogP) is 4.79. The SMILES string of the molecule is CNc1cc(N2CCc3c(-c4ccc(CN5CC[C@H](N6CCC(OCC#Cc7ccc8c(c7)n(C)c(=O)n8C7CCC(=O)NC7=O)CC6)C(F)(F)C5)cn4)cccc32)nn2c(C(=O)NC3CC3)cnc12. The zero-order chi connectivity index (χ0) is 48.3. The second kappa shape index (κ2) is 18.4. The number of likely N-dealkylation sites (tertiary alicyclic amines) is 2. The number of ether oxygens (including phenoxy) is 1. The normalized spacial score (nSPS) is 20.9. The molecule has 6 aromatic rings. The summed E-state index contributed by atoms with van der Waals surface area (Å²) in [6.07, 6.45) is 8.08. The number of imidazole rings is 2. The Labute approximate surface area is 402 Å². The highest BCUT2D eigenvalue weighted by molar-refractivity contribution is 6.00. The number of carbonyl (C=O) groups excluding carboxylic acids is 3. The van der Waals surface area contributed by atoms with Crippen LogP contribution in [0, 0.1) is 11.8 Å². The second-order valence-electron chi connectivity index (χ2n) is 19.1. The van der Waals surface area contributed by atoms with Crippen LogP contribution in [-0.4, -0.2) is 127 Å². The molecule has 4 fully saturated rings. The molecule has 3 amide bonds. The van der Waals surface area contributed by atoms with Crippen molar-refractivity contribution in [2.75, 3.05) is 56.6 Å². The summed E-state index contributed by atoms with van der Waals surface area (Å²) >= 11 is 0. The molecule has 1 aliphatic carbocycles. The zero-order valence-corrected chi connectivity index (χ0v) is 39.1. The number of piperidine rings is 3. The molecule has 1 saturated carbocycles.